The molecule has 2 heterocycles. The largest absolute Gasteiger partial charge is 0.360 e. The van der Waals surface area contributed by atoms with Gasteiger partial charge in [-0.1, -0.05) is 11.2 Å². The van der Waals surface area contributed by atoms with Crippen molar-refractivity contribution in [2.24, 2.45) is 5.92 Å². The van der Waals surface area contributed by atoms with Crippen molar-refractivity contribution in [1.29, 1.82) is 0 Å². The van der Waals surface area contributed by atoms with Crippen LogP contribution in [0.2, 0.25) is 0 Å². The van der Waals surface area contributed by atoms with Crippen LogP contribution in [0, 0.1) is 19.8 Å². The Labute approximate surface area is 146 Å². The van der Waals surface area contributed by atoms with Crippen molar-refractivity contribution < 1.29 is 17.7 Å². The number of hydrogen-bond acceptors (Lipinski definition) is 5. The Morgan fingerprint density at radius 2 is 2.08 bits per heavy atom. The molecule has 1 aromatic carbocycles. The van der Waals surface area contributed by atoms with Gasteiger partial charge in [0.05, 0.1) is 5.69 Å². The van der Waals surface area contributed by atoms with Crippen LogP contribution in [-0.4, -0.2) is 26.0 Å². The molecule has 1 aromatic heterocycles. The Morgan fingerprint density at radius 1 is 1.32 bits per heavy atom. The minimum absolute atomic E-state index is 0.0545. The van der Waals surface area contributed by atoms with Gasteiger partial charge in [-0.05, 0) is 50.8 Å². The minimum Gasteiger partial charge on any atom is -0.360 e. The summed E-state index contributed by atoms with van der Waals surface area (Å²) in [7, 11) is -3.80. The molecule has 0 radical (unpaired) electrons. The number of rotatable bonds is 4. The van der Waals surface area contributed by atoms with Crippen molar-refractivity contribution in [1.82, 2.24) is 5.16 Å². The summed E-state index contributed by atoms with van der Waals surface area (Å²) in [5.41, 5.74) is 2.61. The van der Waals surface area contributed by atoms with Crippen molar-refractivity contribution >= 4 is 27.3 Å². The van der Waals surface area contributed by atoms with Gasteiger partial charge < -0.3 is 9.42 Å². The number of nitrogens with zero attached hydrogens (tertiary/aromatic N) is 2. The maximum Gasteiger partial charge on any atom is 0.267 e. The molecule has 25 heavy (non-hydrogen) atoms. The van der Waals surface area contributed by atoms with Crippen molar-refractivity contribution in [3.63, 3.8) is 0 Å². The normalized spacial score (nSPS) is 16.8. The zero-order valence-corrected chi connectivity index (χ0v) is 14.9. The Balaban J connectivity index is 1.64. The van der Waals surface area contributed by atoms with Crippen LogP contribution in [0.3, 0.4) is 0 Å². The molecule has 7 nitrogen and oxygen atoms in total. The number of sulfonamides is 1. The molecule has 0 spiro atoms. The SMILES string of the molecule is Cc1noc(C)c1S(=O)(=O)Nc1ccc2c(c1)N(C(=O)C1CC1)CC2. The van der Waals surface area contributed by atoms with Gasteiger partial charge >= 0.3 is 0 Å². The van der Waals surface area contributed by atoms with Crippen LogP contribution in [0.15, 0.2) is 27.6 Å². The maximum atomic E-state index is 12.6. The lowest BCUT2D eigenvalue weighted by Gasteiger charge is -2.18. The van der Waals surface area contributed by atoms with Crippen LogP contribution in [0.25, 0.3) is 0 Å². The van der Waals surface area contributed by atoms with Gasteiger partial charge in [0, 0.05) is 18.2 Å². The second-order valence-electron chi connectivity index (χ2n) is 6.62. The summed E-state index contributed by atoms with van der Waals surface area (Å²) in [6.45, 7) is 3.81. The van der Waals surface area contributed by atoms with Crippen LogP contribution in [0.5, 0.6) is 0 Å². The number of carbonyl (C=O) groups is 1. The third kappa shape index (κ3) is 2.80. The predicted molar refractivity (Wildman–Crippen MR) is 92.0 cm³/mol. The summed E-state index contributed by atoms with van der Waals surface area (Å²) in [6, 6.07) is 5.33. The van der Waals surface area contributed by atoms with Crippen LogP contribution in [0.4, 0.5) is 11.4 Å². The highest BCUT2D eigenvalue weighted by molar-refractivity contribution is 7.92. The van der Waals surface area contributed by atoms with Gasteiger partial charge in [0.1, 0.15) is 5.69 Å². The first kappa shape index (κ1) is 16.1. The van der Waals surface area contributed by atoms with E-state index in [4.69, 9.17) is 4.52 Å². The third-order valence-electron chi connectivity index (χ3n) is 4.66. The molecule has 2 aromatic rings. The predicted octanol–water partition coefficient (Wildman–Crippen LogP) is 2.39. The Kier molecular flexibility index (Phi) is 3.61. The van der Waals surface area contributed by atoms with E-state index in [0.717, 1.165) is 30.5 Å². The molecule has 132 valence electrons. The van der Waals surface area contributed by atoms with Crippen molar-refractivity contribution in [3.05, 3.63) is 35.2 Å². The fourth-order valence-corrected chi connectivity index (χ4v) is 4.67. The lowest BCUT2D eigenvalue weighted by molar-refractivity contribution is -0.119. The molecular weight excluding hydrogens is 342 g/mol. The minimum atomic E-state index is -3.80. The Bertz CT molecular complexity index is 941. The standard InChI is InChI=1S/C17H19N3O4S/c1-10-16(11(2)24-18-10)25(22,23)19-14-6-5-12-7-8-20(15(12)9-14)17(21)13-3-4-13/h5-6,9,13,19H,3-4,7-8H2,1-2H3. The van der Waals surface area contributed by atoms with Crippen LogP contribution < -0.4 is 9.62 Å². The smallest absolute Gasteiger partial charge is 0.267 e. The highest BCUT2D eigenvalue weighted by Gasteiger charge is 2.36. The zero-order chi connectivity index (χ0) is 17.8. The molecule has 1 aliphatic carbocycles. The number of amides is 1. The van der Waals surface area contributed by atoms with E-state index in [1.807, 2.05) is 6.07 Å². The van der Waals surface area contributed by atoms with Gasteiger partial charge in [0.15, 0.2) is 10.7 Å². The molecule has 0 saturated heterocycles. The van der Waals surface area contributed by atoms with Crippen LogP contribution >= 0.6 is 0 Å². The van der Waals surface area contributed by atoms with E-state index in [2.05, 4.69) is 9.88 Å². The molecule has 0 unspecified atom stereocenters. The van der Waals surface area contributed by atoms with E-state index in [-0.39, 0.29) is 22.5 Å². The highest BCUT2D eigenvalue weighted by atomic mass is 32.2. The number of aromatic nitrogens is 1. The van der Waals surface area contributed by atoms with Gasteiger partial charge in [-0.2, -0.15) is 0 Å². The van der Waals surface area contributed by atoms with Gasteiger partial charge in [-0.15, -0.1) is 0 Å². The number of anilines is 2. The second kappa shape index (κ2) is 5.59. The number of carbonyl (C=O) groups excluding carboxylic acids is 1. The molecule has 2 aliphatic rings. The lowest BCUT2D eigenvalue weighted by atomic mass is 10.1. The topological polar surface area (TPSA) is 92.5 Å². The van der Waals surface area contributed by atoms with Gasteiger partial charge in [0.2, 0.25) is 5.91 Å². The number of benzene rings is 1. The monoisotopic (exact) mass is 361 g/mol. The molecule has 1 fully saturated rings. The summed E-state index contributed by atoms with van der Waals surface area (Å²) in [5.74, 6) is 0.523. The fourth-order valence-electron chi connectivity index (χ4n) is 3.29. The van der Waals surface area contributed by atoms with Crippen molar-refractivity contribution in [3.8, 4) is 0 Å². The number of fused-ring (bicyclic) bond motifs is 1. The quantitative estimate of drug-likeness (QED) is 0.903. The maximum absolute atomic E-state index is 12.6. The highest BCUT2D eigenvalue weighted by Crippen LogP contribution is 2.37. The summed E-state index contributed by atoms with van der Waals surface area (Å²) < 4.78 is 32.8. The van der Waals surface area contributed by atoms with Gasteiger partial charge in [0.25, 0.3) is 10.0 Å². The van der Waals surface area contributed by atoms with Crippen LogP contribution in [0.1, 0.15) is 29.9 Å². The Morgan fingerprint density at radius 3 is 2.72 bits per heavy atom. The number of hydrogen-bond donors (Lipinski definition) is 1. The summed E-state index contributed by atoms with van der Waals surface area (Å²) in [5, 5.41) is 3.70. The van der Waals surface area contributed by atoms with E-state index in [0.29, 0.717) is 17.9 Å². The Hall–Kier alpha value is -2.35. The van der Waals surface area contributed by atoms with Gasteiger partial charge in [-0.3, -0.25) is 9.52 Å². The number of aryl methyl sites for hydroxylation is 2. The summed E-state index contributed by atoms with van der Waals surface area (Å²) in [6.07, 6.45) is 2.69. The molecule has 0 atom stereocenters. The van der Waals surface area contributed by atoms with E-state index < -0.39 is 10.0 Å². The first-order valence-electron chi connectivity index (χ1n) is 8.27. The molecule has 4 rings (SSSR count). The van der Waals surface area contributed by atoms with Crippen LogP contribution in [-0.2, 0) is 21.2 Å². The molecule has 1 N–H and O–H groups in total. The van der Waals surface area contributed by atoms with E-state index in [1.54, 1.807) is 30.9 Å². The summed E-state index contributed by atoms with van der Waals surface area (Å²) in [4.78, 5) is 14.2. The average molecular weight is 361 g/mol. The molecular formula is C17H19N3O4S. The first-order chi connectivity index (χ1) is 11.9. The molecule has 1 saturated carbocycles. The third-order valence-corrected chi connectivity index (χ3v) is 6.29. The molecule has 8 heteroatoms. The van der Waals surface area contributed by atoms with Gasteiger partial charge in [-0.25, -0.2) is 8.42 Å². The van der Waals surface area contributed by atoms with E-state index in [1.165, 1.54) is 0 Å². The zero-order valence-electron chi connectivity index (χ0n) is 14.1. The molecule has 0 bridgehead atoms. The molecule has 1 aliphatic heterocycles. The molecule has 1 amide bonds. The number of nitrogens with one attached hydrogen (secondary N) is 1. The lowest BCUT2D eigenvalue weighted by Crippen LogP contribution is -2.30. The summed E-state index contributed by atoms with van der Waals surface area (Å²) >= 11 is 0. The van der Waals surface area contributed by atoms with E-state index >= 15 is 0 Å². The fraction of sp³-hybridized carbons (Fsp3) is 0.412. The van der Waals surface area contributed by atoms with Crippen molar-refractivity contribution in [2.75, 3.05) is 16.2 Å². The van der Waals surface area contributed by atoms with Crippen molar-refractivity contribution in [2.45, 2.75) is 38.0 Å². The second-order valence-corrected chi connectivity index (χ2v) is 8.24. The first-order valence-corrected chi connectivity index (χ1v) is 9.75. The van der Waals surface area contributed by atoms with E-state index in [9.17, 15) is 13.2 Å². The average Bonchev–Trinajstić information content (AvgIpc) is 3.23.